The van der Waals surface area contributed by atoms with Crippen molar-refractivity contribution in [2.45, 2.75) is 76.9 Å². The van der Waals surface area contributed by atoms with E-state index in [1.807, 2.05) is 25.1 Å². The van der Waals surface area contributed by atoms with Gasteiger partial charge in [0.15, 0.2) is 0 Å². The summed E-state index contributed by atoms with van der Waals surface area (Å²) in [5, 5.41) is 8.14. The summed E-state index contributed by atoms with van der Waals surface area (Å²) in [7, 11) is 2.11. The number of piperidine rings is 1. The summed E-state index contributed by atoms with van der Waals surface area (Å²) < 4.78 is 0. The minimum Gasteiger partial charge on any atom is -0.376 e. The Hall–Kier alpha value is -2.16. The molecule has 1 saturated carbocycles. The molecule has 0 radical (unpaired) electrons. The third kappa shape index (κ3) is 6.78. The van der Waals surface area contributed by atoms with Crippen LogP contribution in [0.5, 0.6) is 0 Å². The number of nitrogens with one attached hydrogen (secondary N) is 2. The summed E-state index contributed by atoms with van der Waals surface area (Å²) in [6.45, 7) is 5.98. The quantitative estimate of drug-likeness (QED) is 0.401. The molecule has 2 fully saturated rings. The van der Waals surface area contributed by atoms with Crippen molar-refractivity contribution in [3.8, 4) is 0 Å². The van der Waals surface area contributed by atoms with Crippen molar-refractivity contribution < 1.29 is 9.59 Å². The van der Waals surface area contributed by atoms with Crippen LogP contribution in [0.3, 0.4) is 0 Å². The highest BCUT2D eigenvalue weighted by Crippen LogP contribution is 2.36. The molecule has 9 heteroatoms. The smallest absolute Gasteiger partial charge is 0.243 e. The number of carbonyl (C=O) groups is 2. The highest BCUT2D eigenvalue weighted by molar-refractivity contribution is 7.16. The van der Waals surface area contributed by atoms with E-state index in [0.29, 0.717) is 17.4 Å². The van der Waals surface area contributed by atoms with Gasteiger partial charge in [0.25, 0.3) is 0 Å². The van der Waals surface area contributed by atoms with Gasteiger partial charge in [-0.3, -0.25) is 19.5 Å². The first-order valence-electron chi connectivity index (χ1n) is 13.0. The Labute approximate surface area is 223 Å². The number of aryl methyl sites for hydroxylation is 1. The maximum Gasteiger partial charge on any atom is 0.243 e. The molecule has 2 atom stereocenters. The van der Waals surface area contributed by atoms with E-state index in [9.17, 15) is 9.59 Å². The van der Waals surface area contributed by atoms with Gasteiger partial charge in [0.2, 0.25) is 12.3 Å². The standard InChI is InChI=1S/C27H38ClN5O2S/c1-18-23(15-21(28)16-29-18)30-19(2)25-8-9-26(36-25)33(17-34)24(14-20-6-4-5-7-20)27(35)31-22-10-12-32(3)13-11-22/h8-9,15-17,19-20,22,24,30H,4-7,10-14H2,1-3H3,(H,31,35)/t19-,24-/m0/s1. The molecule has 2 amide bonds. The fourth-order valence-corrected chi connectivity index (χ4v) is 6.49. The Morgan fingerprint density at radius 1 is 1.28 bits per heavy atom. The van der Waals surface area contributed by atoms with Gasteiger partial charge in [0.1, 0.15) is 6.04 Å². The number of hydrogen-bond acceptors (Lipinski definition) is 6. The van der Waals surface area contributed by atoms with E-state index in [-0.39, 0.29) is 18.0 Å². The number of thiophene rings is 1. The summed E-state index contributed by atoms with van der Waals surface area (Å²) in [6, 6.07) is 5.55. The minimum atomic E-state index is -0.487. The number of likely N-dealkylation sites (tertiary alicyclic amines) is 1. The van der Waals surface area contributed by atoms with E-state index in [1.54, 1.807) is 22.4 Å². The molecular weight excluding hydrogens is 494 g/mol. The van der Waals surface area contributed by atoms with Gasteiger partial charge in [0, 0.05) is 17.1 Å². The van der Waals surface area contributed by atoms with Crippen LogP contribution in [-0.4, -0.2) is 54.4 Å². The van der Waals surface area contributed by atoms with Crippen LogP contribution >= 0.6 is 22.9 Å². The third-order valence-corrected chi connectivity index (χ3v) is 9.06. The normalized spacial score (nSPS) is 19.1. The first-order chi connectivity index (χ1) is 17.3. The van der Waals surface area contributed by atoms with Crippen molar-refractivity contribution in [3.63, 3.8) is 0 Å². The molecule has 2 aromatic rings. The number of nitrogens with zero attached hydrogens (tertiary/aromatic N) is 3. The number of rotatable bonds is 10. The highest BCUT2D eigenvalue weighted by Gasteiger charge is 2.33. The van der Waals surface area contributed by atoms with Crippen LogP contribution < -0.4 is 15.5 Å². The van der Waals surface area contributed by atoms with Crippen molar-refractivity contribution in [2.75, 3.05) is 30.4 Å². The molecule has 2 N–H and O–H groups in total. The largest absolute Gasteiger partial charge is 0.376 e. The van der Waals surface area contributed by atoms with Crippen molar-refractivity contribution in [2.24, 2.45) is 5.92 Å². The summed E-state index contributed by atoms with van der Waals surface area (Å²) in [5.74, 6) is 0.462. The lowest BCUT2D eigenvalue weighted by molar-refractivity contribution is -0.125. The van der Waals surface area contributed by atoms with Gasteiger partial charge in [-0.25, -0.2) is 0 Å². The average Bonchev–Trinajstić information content (AvgIpc) is 3.55. The summed E-state index contributed by atoms with van der Waals surface area (Å²) in [6.07, 6.45) is 9.77. The van der Waals surface area contributed by atoms with Crippen LogP contribution in [0.1, 0.15) is 68.5 Å². The molecule has 0 spiro atoms. The monoisotopic (exact) mass is 531 g/mol. The lowest BCUT2D eigenvalue weighted by Gasteiger charge is -2.33. The van der Waals surface area contributed by atoms with Gasteiger partial charge < -0.3 is 15.5 Å². The van der Waals surface area contributed by atoms with Crippen molar-refractivity contribution >= 4 is 45.9 Å². The number of halogens is 1. The van der Waals surface area contributed by atoms with Gasteiger partial charge >= 0.3 is 0 Å². The lowest BCUT2D eigenvalue weighted by atomic mass is 9.96. The summed E-state index contributed by atoms with van der Waals surface area (Å²) in [4.78, 5) is 35.3. The third-order valence-electron chi connectivity index (χ3n) is 7.57. The zero-order valence-corrected chi connectivity index (χ0v) is 23.1. The zero-order chi connectivity index (χ0) is 25.7. The molecule has 0 aromatic carbocycles. The van der Waals surface area contributed by atoms with Crippen molar-refractivity contribution in [3.05, 3.63) is 40.0 Å². The van der Waals surface area contributed by atoms with Gasteiger partial charge in [0.05, 0.1) is 27.4 Å². The topological polar surface area (TPSA) is 77.6 Å². The maximum atomic E-state index is 13.6. The van der Waals surface area contributed by atoms with Crippen LogP contribution in [0.2, 0.25) is 5.02 Å². The van der Waals surface area contributed by atoms with E-state index in [0.717, 1.165) is 66.4 Å². The van der Waals surface area contributed by atoms with Crippen LogP contribution in [0.4, 0.5) is 10.7 Å². The van der Waals surface area contributed by atoms with Crippen LogP contribution in [0, 0.1) is 12.8 Å². The van der Waals surface area contributed by atoms with E-state index in [1.165, 1.54) is 12.8 Å². The summed E-state index contributed by atoms with van der Waals surface area (Å²) >= 11 is 7.68. The molecular formula is C27H38ClN5O2S. The highest BCUT2D eigenvalue weighted by atomic mass is 35.5. The lowest BCUT2D eigenvalue weighted by Crippen LogP contribution is -2.52. The fraction of sp³-hybridized carbons (Fsp3) is 0.593. The number of aromatic nitrogens is 1. The molecule has 3 heterocycles. The Morgan fingerprint density at radius 2 is 2.00 bits per heavy atom. The molecule has 36 heavy (non-hydrogen) atoms. The van der Waals surface area contributed by atoms with Crippen molar-refractivity contribution in [1.29, 1.82) is 0 Å². The number of hydrogen-bond donors (Lipinski definition) is 2. The van der Waals surface area contributed by atoms with Crippen molar-refractivity contribution in [1.82, 2.24) is 15.2 Å². The minimum absolute atomic E-state index is 0.00226. The number of anilines is 2. The second kappa shape index (κ2) is 12.4. The Balaban J connectivity index is 1.50. The van der Waals surface area contributed by atoms with Gasteiger partial charge in [-0.2, -0.15) is 0 Å². The first kappa shape index (κ1) is 26.9. The van der Waals surface area contributed by atoms with Gasteiger partial charge in [-0.15, -0.1) is 11.3 Å². The first-order valence-corrected chi connectivity index (χ1v) is 14.2. The molecule has 7 nitrogen and oxygen atoms in total. The van der Waals surface area contributed by atoms with Crippen LogP contribution in [0.25, 0.3) is 0 Å². The van der Waals surface area contributed by atoms with E-state index in [4.69, 9.17) is 11.6 Å². The Morgan fingerprint density at radius 3 is 2.69 bits per heavy atom. The molecule has 2 aliphatic rings. The Bertz CT molecular complexity index is 1030. The molecule has 1 aliphatic heterocycles. The Kier molecular flexibility index (Phi) is 9.25. The zero-order valence-electron chi connectivity index (χ0n) is 21.5. The predicted molar refractivity (Wildman–Crippen MR) is 148 cm³/mol. The molecule has 1 saturated heterocycles. The summed E-state index contributed by atoms with van der Waals surface area (Å²) in [5.41, 5.74) is 1.76. The van der Waals surface area contributed by atoms with Crippen LogP contribution in [0.15, 0.2) is 24.4 Å². The van der Waals surface area contributed by atoms with E-state index < -0.39 is 6.04 Å². The second-order valence-electron chi connectivity index (χ2n) is 10.3. The molecule has 1 aliphatic carbocycles. The molecule has 2 aromatic heterocycles. The molecule has 0 unspecified atom stereocenters. The average molecular weight is 532 g/mol. The fourth-order valence-electron chi connectivity index (χ4n) is 5.31. The van der Waals surface area contributed by atoms with Gasteiger partial charge in [-0.1, -0.05) is 37.3 Å². The van der Waals surface area contributed by atoms with Gasteiger partial charge in [-0.05, 0) is 77.4 Å². The molecule has 4 rings (SSSR count). The molecule has 196 valence electrons. The van der Waals surface area contributed by atoms with E-state index in [2.05, 4.69) is 34.5 Å². The predicted octanol–water partition coefficient (Wildman–Crippen LogP) is 5.40. The number of amides is 2. The number of carbonyl (C=O) groups excluding carboxylic acids is 2. The second-order valence-corrected chi connectivity index (χ2v) is 11.9. The SMILES string of the molecule is Cc1ncc(Cl)cc1N[C@@H](C)c1ccc(N(C=O)[C@@H](CC2CCCC2)C(=O)NC2CCN(C)CC2)s1. The number of pyridine rings is 1. The molecule has 0 bridgehead atoms. The van der Waals surface area contributed by atoms with Crippen LogP contribution in [-0.2, 0) is 9.59 Å². The maximum absolute atomic E-state index is 13.6. The van der Waals surface area contributed by atoms with E-state index >= 15 is 0 Å².